The number of hydrogen-bond acceptors (Lipinski definition) is 7. The van der Waals surface area contributed by atoms with E-state index in [9.17, 15) is 0 Å². The van der Waals surface area contributed by atoms with E-state index < -0.39 is 7.12 Å². The Balaban J connectivity index is 1.36. The van der Waals surface area contributed by atoms with E-state index in [2.05, 4.69) is 15.0 Å². The SMILES string of the molecule is CC1(C)OB(c2ccc(C3=NOC(CN4CCOCC4)C3)nc2)OC1(C)C. The number of pyridine rings is 1. The summed E-state index contributed by atoms with van der Waals surface area (Å²) in [7, 11) is -0.396. The highest BCUT2D eigenvalue weighted by Gasteiger charge is 2.51. The number of rotatable bonds is 4. The summed E-state index contributed by atoms with van der Waals surface area (Å²) in [5.41, 5.74) is 1.95. The topological polar surface area (TPSA) is 65.4 Å². The Kier molecular flexibility index (Phi) is 5.01. The van der Waals surface area contributed by atoms with E-state index in [0.29, 0.717) is 0 Å². The predicted molar refractivity (Wildman–Crippen MR) is 103 cm³/mol. The lowest BCUT2D eigenvalue weighted by Gasteiger charge is -2.32. The molecule has 8 heteroatoms. The first kappa shape index (κ1) is 18.9. The van der Waals surface area contributed by atoms with Gasteiger partial charge in [0.25, 0.3) is 0 Å². The zero-order chi connectivity index (χ0) is 19.1. The lowest BCUT2D eigenvalue weighted by atomic mass is 9.80. The van der Waals surface area contributed by atoms with Crippen molar-refractivity contribution in [2.75, 3.05) is 32.8 Å². The minimum absolute atomic E-state index is 0.0858. The van der Waals surface area contributed by atoms with Gasteiger partial charge in [0, 0.05) is 37.7 Å². The van der Waals surface area contributed by atoms with E-state index in [4.69, 9.17) is 18.9 Å². The highest BCUT2D eigenvalue weighted by atomic mass is 16.7. The summed E-state index contributed by atoms with van der Waals surface area (Å²) >= 11 is 0. The van der Waals surface area contributed by atoms with Crippen molar-refractivity contribution in [3.63, 3.8) is 0 Å². The molecule has 7 nitrogen and oxygen atoms in total. The summed E-state index contributed by atoms with van der Waals surface area (Å²) in [6, 6.07) is 3.97. The second-order valence-corrected chi connectivity index (χ2v) is 8.45. The number of oxime groups is 1. The Morgan fingerprint density at radius 3 is 2.44 bits per heavy atom. The average molecular weight is 373 g/mol. The molecule has 0 spiro atoms. The molecule has 27 heavy (non-hydrogen) atoms. The molecule has 0 radical (unpaired) electrons. The molecule has 1 aromatic heterocycles. The molecule has 2 saturated heterocycles. The van der Waals surface area contributed by atoms with Crippen molar-refractivity contribution in [2.24, 2.45) is 5.16 Å². The minimum Gasteiger partial charge on any atom is -0.399 e. The summed E-state index contributed by atoms with van der Waals surface area (Å²) in [6.07, 6.45) is 2.68. The van der Waals surface area contributed by atoms with Crippen LogP contribution in [0.4, 0.5) is 0 Å². The van der Waals surface area contributed by atoms with Crippen molar-refractivity contribution in [2.45, 2.75) is 51.4 Å². The fourth-order valence-electron chi connectivity index (χ4n) is 3.44. The lowest BCUT2D eigenvalue weighted by molar-refractivity contribution is -0.0000393. The summed E-state index contributed by atoms with van der Waals surface area (Å²) in [6.45, 7) is 12.6. The molecular weight excluding hydrogens is 345 g/mol. The molecule has 0 amide bonds. The number of nitrogens with zero attached hydrogens (tertiary/aromatic N) is 3. The third-order valence-electron chi connectivity index (χ3n) is 5.91. The Bertz CT molecular complexity index is 685. The van der Waals surface area contributed by atoms with Crippen molar-refractivity contribution in [1.29, 1.82) is 0 Å². The minimum atomic E-state index is -0.396. The van der Waals surface area contributed by atoms with E-state index in [1.807, 2.05) is 46.0 Å². The molecule has 2 fully saturated rings. The Morgan fingerprint density at radius 2 is 1.81 bits per heavy atom. The van der Waals surface area contributed by atoms with Gasteiger partial charge in [-0.1, -0.05) is 11.2 Å². The average Bonchev–Trinajstić information content (AvgIpc) is 3.18. The van der Waals surface area contributed by atoms with Gasteiger partial charge in [-0.15, -0.1) is 0 Å². The molecule has 1 atom stereocenters. The highest BCUT2D eigenvalue weighted by Crippen LogP contribution is 2.36. The van der Waals surface area contributed by atoms with Crippen LogP contribution in [0.5, 0.6) is 0 Å². The maximum absolute atomic E-state index is 6.08. The number of hydrogen-bond donors (Lipinski definition) is 0. The Morgan fingerprint density at radius 1 is 1.11 bits per heavy atom. The molecule has 0 aliphatic carbocycles. The molecule has 3 aliphatic rings. The quantitative estimate of drug-likeness (QED) is 0.740. The Hall–Kier alpha value is -1.48. The third-order valence-corrected chi connectivity index (χ3v) is 5.91. The molecule has 0 N–H and O–H groups in total. The van der Waals surface area contributed by atoms with Crippen LogP contribution in [-0.2, 0) is 18.9 Å². The maximum atomic E-state index is 6.08. The molecule has 146 valence electrons. The van der Waals surface area contributed by atoms with Gasteiger partial charge >= 0.3 is 7.12 Å². The van der Waals surface area contributed by atoms with E-state index in [1.165, 1.54) is 0 Å². The fraction of sp³-hybridized carbons (Fsp3) is 0.684. The van der Waals surface area contributed by atoms with E-state index >= 15 is 0 Å². The standard InChI is InChI=1S/C19H28BN3O4/c1-18(2)19(3,4)27-20(26-18)14-5-6-16(21-12-14)17-11-15(25-22-17)13-23-7-9-24-10-8-23/h5-6,12,15H,7-11,13H2,1-4H3. The van der Waals surface area contributed by atoms with Crippen LogP contribution in [0.2, 0.25) is 0 Å². The lowest BCUT2D eigenvalue weighted by Crippen LogP contribution is -2.41. The van der Waals surface area contributed by atoms with Crippen molar-refractivity contribution in [3.8, 4) is 0 Å². The first-order chi connectivity index (χ1) is 12.8. The van der Waals surface area contributed by atoms with Gasteiger partial charge < -0.3 is 18.9 Å². The van der Waals surface area contributed by atoms with Crippen LogP contribution in [0.1, 0.15) is 39.8 Å². The summed E-state index contributed by atoms with van der Waals surface area (Å²) in [4.78, 5) is 12.6. The summed E-state index contributed by atoms with van der Waals surface area (Å²) in [5, 5.41) is 4.26. The van der Waals surface area contributed by atoms with Crippen LogP contribution in [0.15, 0.2) is 23.5 Å². The summed E-state index contributed by atoms with van der Waals surface area (Å²) < 4.78 is 17.6. The van der Waals surface area contributed by atoms with Crippen molar-refractivity contribution in [1.82, 2.24) is 9.88 Å². The molecule has 4 heterocycles. The zero-order valence-electron chi connectivity index (χ0n) is 16.6. The van der Waals surface area contributed by atoms with Gasteiger partial charge in [-0.2, -0.15) is 0 Å². The van der Waals surface area contributed by atoms with Crippen LogP contribution >= 0.6 is 0 Å². The number of ether oxygens (including phenoxy) is 1. The predicted octanol–water partition coefficient (Wildman–Crippen LogP) is 1.21. The smallest absolute Gasteiger partial charge is 0.399 e. The second-order valence-electron chi connectivity index (χ2n) is 8.45. The van der Waals surface area contributed by atoms with Crippen molar-refractivity contribution in [3.05, 3.63) is 24.0 Å². The molecule has 1 unspecified atom stereocenters. The highest BCUT2D eigenvalue weighted by molar-refractivity contribution is 6.62. The fourth-order valence-corrected chi connectivity index (χ4v) is 3.44. The maximum Gasteiger partial charge on any atom is 0.496 e. The van der Waals surface area contributed by atoms with Crippen molar-refractivity contribution >= 4 is 18.3 Å². The van der Waals surface area contributed by atoms with Crippen LogP contribution in [0.25, 0.3) is 0 Å². The molecule has 0 bridgehead atoms. The van der Waals surface area contributed by atoms with Crippen LogP contribution < -0.4 is 5.46 Å². The van der Waals surface area contributed by atoms with Crippen LogP contribution in [0, 0.1) is 0 Å². The van der Waals surface area contributed by atoms with E-state index in [-0.39, 0.29) is 17.3 Å². The molecule has 3 aliphatic heterocycles. The zero-order valence-corrected chi connectivity index (χ0v) is 16.6. The van der Waals surface area contributed by atoms with Gasteiger partial charge in [-0.3, -0.25) is 9.88 Å². The molecule has 4 rings (SSSR count). The first-order valence-electron chi connectivity index (χ1n) is 9.69. The van der Waals surface area contributed by atoms with Gasteiger partial charge in [-0.05, 0) is 33.8 Å². The van der Waals surface area contributed by atoms with Crippen LogP contribution in [0.3, 0.4) is 0 Å². The van der Waals surface area contributed by atoms with Gasteiger partial charge in [0.05, 0.1) is 30.1 Å². The third kappa shape index (κ3) is 3.89. The van der Waals surface area contributed by atoms with Crippen molar-refractivity contribution < 1.29 is 18.9 Å². The molecule has 0 saturated carbocycles. The van der Waals surface area contributed by atoms with E-state index in [0.717, 1.165) is 56.1 Å². The second kappa shape index (κ2) is 7.16. The van der Waals surface area contributed by atoms with Gasteiger partial charge in [0.1, 0.15) is 11.8 Å². The first-order valence-corrected chi connectivity index (χ1v) is 9.69. The largest absolute Gasteiger partial charge is 0.496 e. The monoisotopic (exact) mass is 373 g/mol. The van der Waals surface area contributed by atoms with E-state index in [1.54, 1.807) is 0 Å². The molecule has 1 aromatic rings. The van der Waals surface area contributed by atoms with Gasteiger partial charge in [0.2, 0.25) is 0 Å². The molecular formula is C19H28BN3O4. The normalized spacial score (nSPS) is 27.5. The molecule has 0 aromatic carbocycles. The number of aromatic nitrogens is 1. The Labute approximate surface area is 161 Å². The van der Waals surface area contributed by atoms with Gasteiger partial charge in [-0.25, -0.2) is 0 Å². The van der Waals surface area contributed by atoms with Crippen LogP contribution in [-0.4, -0.2) is 72.9 Å². The number of morpholine rings is 1. The van der Waals surface area contributed by atoms with Gasteiger partial charge in [0.15, 0.2) is 0 Å². The summed E-state index contributed by atoms with van der Waals surface area (Å²) in [5.74, 6) is 0.